The molecular formula is C25H18Br3NO3S. The largest absolute Gasteiger partial charge is 0.487 e. The highest BCUT2D eigenvalue weighted by molar-refractivity contribution is 9.11. The van der Waals surface area contributed by atoms with Gasteiger partial charge in [-0.2, -0.15) is 0 Å². The van der Waals surface area contributed by atoms with Crippen LogP contribution in [0.2, 0.25) is 0 Å². The summed E-state index contributed by atoms with van der Waals surface area (Å²) < 4.78 is 8.47. The molecule has 33 heavy (non-hydrogen) atoms. The van der Waals surface area contributed by atoms with Crippen molar-refractivity contribution in [3.63, 3.8) is 0 Å². The van der Waals surface area contributed by atoms with Gasteiger partial charge in [0.25, 0.3) is 11.1 Å². The molecule has 1 saturated heterocycles. The van der Waals surface area contributed by atoms with Gasteiger partial charge in [-0.15, -0.1) is 0 Å². The normalized spacial score (nSPS) is 14.9. The number of amides is 2. The van der Waals surface area contributed by atoms with E-state index in [1.807, 2.05) is 61.5 Å². The van der Waals surface area contributed by atoms with E-state index in [9.17, 15) is 9.59 Å². The first-order valence-corrected chi connectivity index (χ1v) is 13.2. The molecule has 168 valence electrons. The van der Waals surface area contributed by atoms with Gasteiger partial charge in [0.2, 0.25) is 0 Å². The highest BCUT2D eigenvalue weighted by atomic mass is 79.9. The van der Waals surface area contributed by atoms with Crippen LogP contribution in [-0.4, -0.2) is 16.0 Å². The molecule has 1 aliphatic rings. The van der Waals surface area contributed by atoms with Crippen LogP contribution in [0.3, 0.4) is 0 Å². The van der Waals surface area contributed by atoms with Crippen LogP contribution in [0, 0.1) is 6.92 Å². The van der Waals surface area contributed by atoms with Gasteiger partial charge < -0.3 is 4.74 Å². The zero-order valence-corrected chi connectivity index (χ0v) is 23.1. The average molecular weight is 652 g/mol. The minimum absolute atomic E-state index is 0.244. The van der Waals surface area contributed by atoms with Crippen molar-refractivity contribution in [1.29, 1.82) is 0 Å². The second-order valence-corrected chi connectivity index (χ2v) is 11.1. The van der Waals surface area contributed by atoms with Gasteiger partial charge in [-0.25, -0.2) is 0 Å². The molecule has 0 radical (unpaired) electrons. The predicted molar refractivity (Wildman–Crippen MR) is 143 cm³/mol. The van der Waals surface area contributed by atoms with Gasteiger partial charge in [0.1, 0.15) is 12.4 Å². The number of hydrogen-bond acceptors (Lipinski definition) is 4. The number of carbonyl (C=O) groups is 2. The Morgan fingerprint density at radius 2 is 1.64 bits per heavy atom. The molecule has 1 aliphatic heterocycles. The molecule has 0 N–H and O–H groups in total. The van der Waals surface area contributed by atoms with Crippen molar-refractivity contribution in [3.05, 3.63) is 101 Å². The number of ether oxygens (including phenoxy) is 1. The lowest BCUT2D eigenvalue weighted by Crippen LogP contribution is -2.27. The van der Waals surface area contributed by atoms with Crippen LogP contribution >= 0.6 is 59.6 Å². The summed E-state index contributed by atoms with van der Waals surface area (Å²) in [6.45, 7) is 2.73. The van der Waals surface area contributed by atoms with Crippen LogP contribution in [0.1, 0.15) is 22.3 Å². The molecule has 0 aliphatic carbocycles. The highest BCUT2D eigenvalue weighted by Gasteiger charge is 2.35. The summed E-state index contributed by atoms with van der Waals surface area (Å²) in [5.74, 6) is 0.386. The number of thioether (sulfide) groups is 1. The van der Waals surface area contributed by atoms with E-state index in [1.165, 1.54) is 10.5 Å². The average Bonchev–Trinajstić information content (AvgIpc) is 3.02. The van der Waals surface area contributed by atoms with Gasteiger partial charge in [-0.05, 0) is 97.6 Å². The minimum atomic E-state index is -0.292. The summed E-state index contributed by atoms with van der Waals surface area (Å²) in [6.07, 6.45) is 1.73. The molecule has 2 amide bonds. The lowest BCUT2D eigenvalue weighted by atomic mass is 10.1. The number of aryl methyl sites for hydroxylation is 1. The number of imide groups is 1. The summed E-state index contributed by atoms with van der Waals surface area (Å²) in [5.41, 5.74) is 3.93. The molecule has 0 aromatic heterocycles. The Labute approximate surface area is 221 Å². The van der Waals surface area contributed by atoms with E-state index in [2.05, 4.69) is 53.9 Å². The van der Waals surface area contributed by atoms with Gasteiger partial charge in [0.15, 0.2) is 0 Å². The maximum atomic E-state index is 12.9. The zero-order chi connectivity index (χ0) is 23.5. The molecule has 0 atom stereocenters. The van der Waals surface area contributed by atoms with Gasteiger partial charge >= 0.3 is 0 Å². The monoisotopic (exact) mass is 649 g/mol. The molecule has 3 aromatic carbocycles. The van der Waals surface area contributed by atoms with Crippen LogP contribution in [0.15, 0.2) is 79.0 Å². The van der Waals surface area contributed by atoms with Crippen molar-refractivity contribution in [3.8, 4) is 5.75 Å². The number of benzene rings is 3. The number of rotatable bonds is 6. The second-order valence-electron chi connectivity index (χ2n) is 7.49. The Kier molecular flexibility index (Phi) is 7.79. The van der Waals surface area contributed by atoms with E-state index in [0.717, 1.165) is 41.9 Å². The van der Waals surface area contributed by atoms with Crippen molar-refractivity contribution < 1.29 is 14.3 Å². The van der Waals surface area contributed by atoms with Crippen molar-refractivity contribution in [2.24, 2.45) is 0 Å². The van der Waals surface area contributed by atoms with Gasteiger partial charge in [0, 0.05) is 4.47 Å². The third-order valence-electron chi connectivity index (χ3n) is 4.91. The summed E-state index contributed by atoms with van der Waals surface area (Å²) in [5, 5.41) is -0.273. The van der Waals surface area contributed by atoms with Crippen LogP contribution in [0.5, 0.6) is 5.75 Å². The Hall–Kier alpha value is -1.87. The van der Waals surface area contributed by atoms with Crippen LogP contribution in [0.25, 0.3) is 6.08 Å². The summed E-state index contributed by atoms with van der Waals surface area (Å²) >= 11 is 11.5. The molecule has 0 unspecified atom stereocenters. The van der Waals surface area contributed by atoms with E-state index >= 15 is 0 Å². The fraction of sp³-hybridized carbons (Fsp3) is 0.120. The first-order chi connectivity index (χ1) is 15.8. The third-order valence-corrected chi connectivity index (χ3v) is 7.53. The van der Waals surface area contributed by atoms with E-state index in [-0.39, 0.29) is 17.7 Å². The number of hydrogen-bond donors (Lipinski definition) is 0. The quantitative estimate of drug-likeness (QED) is 0.253. The smallest absolute Gasteiger partial charge is 0.293 e. The number of carbonyl (C=O) groups excluding carboxylic acids is 2. The maximum absolute atomic E-state index is 12.9. The van der Waals surface area contributed by atoms with Crippen molar-refractivity contribution in [1.82, 2.24) is 4.90 Å². The standard InChI is InChI=1S/C25H18Br3NO3S/c1-15-3-2-4-17(9-15)14-32-23-20(27)10-18(11-21(23)28)12-22-24(30)29(25(31)33-22)13-16-5-7-19(26)8-6-16/h2-12H,13-14H2,1H3/b22-12-. The maximum Gasteiger partial charge on any atom is 0.293 e. The second kappa shape index (κ2) is 10.6. The molecule has 1 fully saturated rings. The topological polar surface area (TPSA) is 46.6 Å². The molecule has 0 bridgehead atoms. The molecule has 8 heteroatoms. The molecule has 0 saturated carbocycles. The Bertz CT molecular complexity index is 1240. The molecule has 4 rings (SSSR count). The van der Waals surface area contributed by atoms with E-state index in [4.69, 9.17) is 4.74 Å². The minimum Gasteiger partial charge on any atom is -0.487 e. The number of halogens is 3. The number of nitrogens with zero attached hydrogens (tertiary/aromatic N) is 1. The van der Waals surface area contributed by atoms with Crippen LogP contribution in [0.4, 0.5) is 4.79 Å². The highest BCUT2D eigenvalue weighted by Crippen LogP contribution is 2.38. The van der Waals surface area contributed by atoms with E-state index < -0.39 is 0 Å². The van der Waals surface area contributed by atoms with Crippen LogP contribution in [-0.2, 0) is 17.9 Å². The summed E-state index contributed by atoms with van der Waals surface area (Å²) in [7, 11) is 0. The van der Waals surface area contributed by atoms with Crippen molar-refractivity contribution >= 4 is 76.8 Å². The van der Waals surface area contributed by atoms with Crippen molar-refractivity contribution in [2.45, 2.75) is 20.1 Å². The molecule has 0 spiro atoms. The first kappa shape index (κ1) is 24.3. The summed E-state index contributed by atoms with van der Waals surface area (Å²) in [4.78, 5) is 27.0. The fourth-order valence-electron chi connectivity index (χ4n) is 3.32. The van der Waals surface area contributed by atoms with Crippen molar-refractivity contribution in [2.75, 3.05) is 0 Å². The van der Waals surface area contributed by atoms with Gasteiger partial charge in [0.05, 0.1) is 20.4 Å². The zero-order valence-electron chi connectivity index (χ0n) is 17.5. The summed E-state index contributed by atoms with van der Waals surface area (Å²) in [6, 6.07) is 19.5. The van der Waals surface area contributed by atoms with E-state index in [0.29, 0.717) is 17.3 Å². The first-order valence-electron chi connectivity index (χ1n) is 9.97. The third kappa shape index (κ3) is 5.98. The Balaban J connectivity index is 1.49. The van der Waals surface area contributed by atoms with E-state index in [1.54, 1.807) is 6.08 Å². The lowest BCUT2D eigenvalue weighted by Gasteiger charge is -2.13. The molecule has 1 heterocycles. The van der Waals surface area contributed by atoms with Gasteiger partial charge in [-0.3, -0.25) is 14.5 Å². The molecule has 4 nitrogen and oxygen atoms in total. The van der Waals surface area contributed by atoms with Crippen LogP contribution < -0.4 is 4.74 Å². The SMILES string of the molecule is Cc1cccc(COc2c(Br)cc(/C=C3\SC(=O)N(Cc4ccc(Br)cc4)C3=O)cc2Br)c1. The molecular weight excluding hydrogens is 634 g/mol. The Morgan fingerprint density at radius 3 is 2.30 bits per heavy atom. The predicted octanol–water partition coefficient (Wildman–Crippen LogP) is 8.10. The lowest BCUT2D eigenvalue weighted by molar-refractivity contribution is -0.123. The Morgan fingerprint density at radius 1 is 0.939 bits per heavy atom. The van der Waals surface area contributed by atoms with Gasteiger partial charge in [-0.1, -0.05) is 57.9 Å². The molecule has 3 aromatic rings. The fourth-order valence-corrected chi connectivity index (χ4v) is 5.87.